The Hall–Kier alpha value is -6.10. The van der Waals surface area contributed by atoms with E-state index in [9.17, 15) is 27.6 Å². The van der Waals surface area contributed by atoms with Crippen molar-refractivity contribution >= 4 is 44.7 Å². The maximum absolute atomic E-state index is 15.0. The van der Waals surface area contributed by atoms with Gasteiger partial charge in [0.1, 0.15) is 34.8 Å². The third-order valence-corrected chi connectivity index (χ3v) is 15.1. The first-order valence-corrected chi connectivity index (χ1v) is 24.4. The number of rotatable bonds is 10. The van der Waals surface area contributed by atoms with E-state index >= 15 is 13.2 Å². The van der Waals surface area contributed by atoms with Crippen LogP contribution in [0.15, 0.2) is 54.9 Å². The second-order valence-corrected chi connectivity index (χ2v) is 21.5. The van der Waals surface area contributed by atoms with Gasteiger partial charge in [-0.2, -0.15) is 13.2 Å². The highest BCUT2D eigenvalue weighted by atomic mass is 32.2. The number of allylic oxidation sites excluding steroid dienone is 1. The molecule has 1 saturated carbocycles. The number of nitrogens with zero attached hydrogens (tertiary/aromatic N) is 3. The van der Waals surface area contributed by atoms with Gasteiger partial charge in [-0.15, -0.1) is 0 Å². The fraction of sp³-hybridized carbons (Fsp3) is 0.542. The Morgan fingerprint density at radius 1 is 1.04 bits per heavy atom. The summed E-state index contributed by atoms with van der Waals surface area (Å²) in [5, 5.41) is 5.72. The van der Waals surface area contributed by atoms with Crippen molar-refractivity contribution in [3.63, 3.8) is 0 Å². The third-order valence-electron chi connectivity index (χ3n) is 13.0. The SMILES string of the molecule is CC(C)(C)OC(=O)N[C@H]1CCCCC/C=C\[C@@H]2C#C[C@@]2(C(=O)NS(=O)(=O)C2(C)CC2)NC(=O)[C@@H]2C[C@]3(CCc4c(c(C(F)(F)F)nc5ccc(OCCCOc6cccnc6)cc45)O3)CN2C1=O. The Morgan fingerprint density at radius 3 is 2.49 bits per heavy atom. The second kappa shape index (κ2) is 18.4. The number of amides is 4. The number of alkyl halides is 3. The molecule has 3 N–H and O–H groups in total. The summed E-state index contributed by atoms with van der Waals surface area (Å²) in [6.45, 7) is 6.65. The number of halogens is 3. The Balaban J connectivity index is 1.12. The monoisotopic (exact) mass is 964 g/mol. The molecule has 3 aromatic rings. The molecule has 5 atom stereocenters. The molecule has 2 fully saturated rings. The fourth-order valence-corrected chi connectivity index (χ4v) is 10.2. The van der Waals surface area contributed by atoms with Gasteiger partial charge in [0.15, 0.2) is 17.0 Å². The van der Waals surface area contributed by atoms with E-state index in [-0.39, 0.29) is 43.4 Å². The van der Waals surface area contributed by atoms with Gasteiger partial charge in [-0.1, -0.05) is 36.8 Å². The zero-order valence-electron chi connectivity index (χ0n) is 38.3. The van der Waals surface area contributed by atoms with Crippen molar-refractivity contribution in [1.29, 1.82) is 0 Å². The number of aromatic nitrogens is 2. The molecule has 20 heteroatoms. The molecule has 1 saturated heterocycles. The lowest BCUT2D eigenvalue weighted by molar-refractivity contribution is -0.144. The predicted molar refractivity (Wildman–Crippen MR) is 241 cm³/mol. The molecule has 5 aliphatic rings. The summed E-state index contributed by atoms with van der Waals surface area (Å²) in [6, 6.07) is 5.37. The summed E-state index contributed by atoms with van der Waals surface area (Å²) in [4.78, 5) is 66.4. The van der Waals surface area contributed by atoms with E-state index in [0.29, 0.717) is 68.4 Å². The first-order chi connectivity index (χ1) is 32.1. The molecule has 5 heterocycles. The summed E-state index contributed by atoms with van der Waals surface area (Å²) in [5.74, 6) is 2.31. The molecule has 8 rings (SSSR count). The number of fused-ring (bicyclic) bond motifs is 5. The number of sulfonamides is 1. The number of hydrogen-bond donors (Lipinski definition) is 3. The van der Waals surface area contributed by atoms with Crippen LogP contribution in [0.25, 0.3) is 10.9 Å². The number of nitrogens with one attached hydrogen (secondary N) is 3. The number of benzene rings is 1. The van der Waals surface area contributed by atoms with Gasteiger partial charge in [-0.3, -0.25) is 19.4 Å². The van der Waals surface area contributed by atoms with E-state index < -0.39 is 97.5 Å². The summed E-state index contributed by atoms with van der Waals surface area (Å²) < 4.78 is 96.4. The predicted octanol–water partition coefficient (Wildman–Crippen LogP) is 6.06. The molecule has 0 bridgehead atoms. The lowest BCUT2D eigenvalue weighted by Crippen LogP contribution is -2.68. The molecule has 0 radical (unpaired) electrons. The first kappa shape index (κ1) is 48.4. The summed E-state index contributed by atoms with van der Waals surface area (Å²) >= 11 is 0. The number of ether oxygens (including phenoxy) is 4. The van der Waals surface area contributed by atoms with E-state index in [0.717, 1.165) is 4.90 Å². The number of hydrogen-bond acceptors (Lipinski definition) is 12. The van der Waals surface area contributed by atoms with Crippen LogP contribution in [0.5, 0.6) is 17.2 Å². The van der Waals surface area contributed by atoms with Crippen LogP contribution in [0.4, 0.5) is 18.0 Å². The minimum atomic E-state index is -4.98. The van der Waals surface area contributed by atoms with Crippen LogP contribution < -0.4 is 29.6 Å². The maximum Gasteiger partial charge on any atom is 0.437 e. The molecule has 0 unspecified atom stereocenters. The Kier molecular flexibility index (Phi) is 13.1. The number of aryl methyl sites for hydroxylation is 1. The van der Waals surface area contributed by atoms with Gasteiger partial charge in [0.2, 0.25) is 21.8 Å². The van der Waals surface area contributed by atoms with Crippen LogP contribution in [-0.2, 0) is 41.7 Å². The molecular weight excluding hydrogens is 910 g/mol. The van der Waals surface area contributed by atoms with Crippen molar-refractivity contribution in [1.82, 2.24) is 30.2 Å². The summed E-state index contributed by atoms with van der Waals surface area (Å²) in [5.41, 5.74) is -5.63. The Labute approximate surface area is 392 Å². The minimum Gasteiger partial charge on any atom is -0.493 e. The van der Waals surface area contributed by atoms with E-state index in [2.05, 4.69) is 37.2 Å². The van der Waals surface area contributed by atoms with Gasteiger partial charge in [0.05, 0.1) is 42.1 Å². The quantitative estimate of drug-likeness (QED) is 0.121. The average molecular weight is 965 g/mol. The fourth-order valence-electron chi connectivity index (χ4n) is 8.92. The van der Waals surface area contributed by atoms with Gasteiger partial charge in [-0.25, -0.2) is 22.9 Å². The van der Waals surface area contributed by atoms with Gasteiger partial charge < -0.3 is 34.5 Å². The summed E-state index contributed by atoms with van der Waals surface area (Å²) in [6.07, 6.45) is 4.01. The van der Waals surface area contributed by atoms with Crippen LogP contribution in [0.1, 0.15) is 103 Å². The van der Waals surface area contributed by atoms with Crippen molar-refractivity contribution < 1.29 is 59.7 Å². The first-order valence-electron chi connectivity index (χ1n) is 22.9. The van der Waals surface area contributed by atoms with E-state index in [1.807, 2.05) is 0 Å². The highest BCUT2D eigenvalue weighted by molar-refractivity contribution is 7.91. The topological polar surface area (TPSA) is 204 Å². The number of carbonyl (C=O) groups excluding carboxylic acids is 4. The zero-order chi connectivity index (χ0) is 48.7. The van der Waals surface area contributed by atoms with Crippen molar-refractivity contribution in [2.45, 2.75) is 138 Å². The largest absolute Gasteiger partial charge is 0.493 e. The lowest BCUT2D eigenvalue weighted by atomic mass is 9.75. The molecule has 364 valence electrons. The molecule has 4 amide bonds. The maximum atomic E-state index is 15.0. The normalized spacial score (nSPS) is 26.1. The molecule has 2 aromatic heterocycles. The highest BCUT2D eigenvalue weighted by Gasteiger charge is 2.59. The van der Waals surface area contributed by atoms with E-state index in [4.69, 9.17) is 18.9 Å². The second-order valence-electron chi connectivity index (χ2n) is 19.3. The molecular formula is C48H55F3N6O10S. The Bertz CT molecular complexity index is 2680. The van der Waals surface area contributed by atoms with Gasteiger partial charge in [0, 0.05) is 30.0 Å². The zero-order valence-corrected chi connectivity index (χ0v) is 39.1. The molecule has 68 heavy (non-hydrogen) atoms. The molecule has 1 spiro atoms. The van der Waals surface area contributed by atoms with Gasteiger partial charge in [0.25, 0.3) is 5.91 Å². The third kappa shape index (κ3) is 10.2. The average Bonchev–Trinajstić information content (AvgIpc) is 3.93. The molecule has 3 aliphatic heterocycles. The summed E-state index contributed by atoms with van der Waals surface area (Å²) in [7, 11) is -4.20. The van der Waals surface area contributed by atoms with Crippen molar-refractivity contribution in [3.8, 4) is 29.1 Å². The van der Waals surface area contributed by atoms with E-state index in [1.54, 1.807) is 63.5 Å². The van der Waals surface area contributed by atoms with Crippen LogP contribution in [-0.4, -0.2) is 100 Å². The highest BCUT2D eigenvalue weighted by Crippen LogP contribution is 2.49. The van der Waals surface area contributed by atoms with Crippen LogP contribution in [0.3, 0.4) is 0 Å². The minimum absolute atomic E-state index is 0.0110. The van der Waals surface area contributed by atoms with Crippen molar-refractivity contribution in [3.05, 3.63) is 66.1 Å². The smallest absolute Gasteiger partial charge is 0.437 e. The number of pyridine rings is 2. The van der Waals surface area contributed by atoms with Gasteiger partial charge in [-0.05, 0) is 103 Å². The molecule has 2 aliphatic carbocycles. The van der Waals surface area contributed by atoms with Crippen molar-refractivity contribution in [2.75, 3.05) is 19.8 Å². The van der Waals surface area contributed by atoms with E-state index in [1.165, 1.54) is 19.1 Å². The van der Waals surface area contributed by atoms with Crippen molar-refractivity contribution in [2.24, 2.45) is 5.92 Å². The van der Waals surface area contributed by atoms with Gasteiger partial charge >= 0.3 is 12.3 Å². The van der Waals surface area contributed by atoms with Crippen LogP contribution in [0.2, 0.25) is 0 Å². The van der Waals surface area contributed by atoms with Crippen LogP contribution >= 0.6 is 0 Å². The molecule has 1 aromatic carbocycles. The Morgan fingerprint density at radius 2 is 1.81 bits per heavy atom. The lowest BCUT2D eigenvalue weighted by Gasteiger charge is -2.38. The number of carbonyl (C=O) groups is 4. The standard InChI is InChI=1S/C48H55F3N6O10S/c1-44(2,3)67-43(61)54-36-14-9-7-5-6-8-12-30-17-20-47(30,42(60)56-68(62,63)45(4)21-22-45)55-40(58)37-27-46(29-57(37)41(36)59)19-18-33-34-26-31(64-24-11-25-65-32-13-10-23-52-28-32)15-16-35(34)53-39(38(33)66-46)48(49,50)51/h8,10,12-13,15-16,23,26,28,30,36-37H,5-7,9,11,14,18-19,21-22,24-25,27,29H2,1-4H3,(H,54,61)(H,55,58)(H,56,60)/b12-8-/t30-,36+,37+,46-,47-/m1/s1. The number of alkyl carbamates (subject to hydrolysis) is 1. The molecule has 16 nitrogen and oxygen atoms in total. The van der Waals surface area contributed by atoms with Crippen LogP contribution in [0, 0.1) is 17.8 Å².